The highest BCUT2D eigenvalue weighted by Crippen LogP contribution is 2.22. The summed E-state index contributed by atoms with van der Waals surface area (Å²) in [6.45, 7) is 3.87. The van der Waals surface area contributed by atoms with E-state index in [1.807, 2.05) is 0 Å². The minimum atomic E-state index is -0.983. The van der Waals surface area contributed by atoms with Crippen molar-refractivity contribution in [2.24, 2.45) is 5.92 Å². The third-order valence-electron chi connectivity index (χ3n) is 5.62. The number of hydrogen-bond acceptors (Lipinski definition) is 4. The number of likely N-dealkylation sites (tertiary alicyclic amines) is 1. The van der Waals surface area contributed by atoms with Crippen molar-refractivity contribution in [1.29, 1.82) is 0 Å². The van der Waals surface area contributed by atoms with Gasteiger partial charge in [0.25, 0.3) is 0 Å². The maximum Gasteiger partial charge on any atom is 0.323 e. The van der Waals surface area contributed by atoms with Gasteiger partial charge in [-0.3, -0.25) is 19.3 Å². The van der Waals surface area contributed by atoms with Crippen molar-refractivity contribution < 1.29 is 19.5 Å². The molecule has 7 nitrogen and oxygen atoms in total. The molecule has 0 aromatic heterocycles. The van der Waals surface area contributed by atoms with Crippen LogP contribution >= 0.6 is 12.4 Å². The van der Waals surface area contributed by atoms with E-state index >= 15 is 0 Å². The molecule has 1 unspecified atom stereocenters. The molecule has 2 aliphatic rings. The molecule has 0 spiro atoms. The lowest BCUT2D eigenvalue weighted by Crippen LogP contribution is -2.43. The smallest absolute Gasteiger partial charge is 0.323 e. The Morgan fingerprint density at radius 2 is 1.74 bits per heavy atom. The molecular formula is C19H34ClN3O4. The molecule has 1 heterocycles. The molecular weight excluding hydrogens is 370 g/mol. The van der Waals surface area contributed by atoms with E-state index in [1.165, 1.54) is 43.9 Å². The van der Waals surface area contributed by atoms with Gasteiger partial charge in [0.05, 0.1) is 6.54 Å². The number of halogens is 1. The zero-order chi connectivity index (χ0) is 18.9. The van der Waals surface area contributed by atoms with Crippen molar-refractivity contribution in [2.75, 3.05) is 32.7 Å². The molecule has 0 aromatic rings. The molecule has 1 saturated heterocycles. The van der Waals surface area contributed by atoms with Crippen molar-refractivity contribution in [2.45, 2.75) is 64.3 Å². The van der Waals surface area contributed by atoms with E-state index in [2.05, 4.69) is 10.2 Å². The maximum atomic E-state index is 12.2. The van der Waals surface area contributed by atoms with Gasteiger partial charge in [-0.1, -0.05) is 19.3 Å². The normalized spacial score (nSPS) is 21.6. The summed E-state index contributed by atoms with van der Waals surface area (Å²) in [5, 5.41) is 12.1. The predicted octanol–water partition coefficient (Wildman–Crippen LogP) is 1.89. The molecule has 2 amide bonds. The number of rotatable bonds is 7. The van der Waals surface area contributed by atoms with E-state index in [0.29, 0.717) is 25.4 Å². The topological polar surface area (TPSA) is 90.0 Å². The zero-order valence-electron chi connectivity index (χ0n) is 16.3. The monoisotopic (exact) mass is 403 g/mol. The van der Waals surface area contributed by atoms with Gasteiger partial charge in [0, 0.05) is 26.1 Å². The Labute approximate surface area is 168 Å². The highest BCUT2D eigenvalue weighted by molar-refractivity contribution is 5.85. The van der Waals surface area contributed by atoms with Crippen LogP contribution < -0.4 is 5.32 Å². The minimum absolute atomic E-state index is 0. The van der Waals surface area contributed by atoms with Crippen LogP contribution in [-0.4, -0.2) is 71.5 Å². The standard InChI is InChI=1S/C19H33N3O4.ClH/c1-15(23)22(14-19(25)26)17-8-5-10-21(11-9-17)13-18(24)20-12-16-6-3-2-4-7-16;/h16-17H,2-14H2,1H3,(H,20,24)(H,25,26);1H. The quantitative estimate of drug-likeness (QED) is 0.677. The number of amides is 2. The van der Waals surface area contributed by atoms with Crippen LogP contribution in [0.3, 0.4) is 0 Å². The van der Waals surface area contributed by atoms with E-state index in [9.17, 15) is 14.4 Å². The molecule has 2 fully saturated rings. The van der Waals surface area contributed by atoms with Gasteiger partial charge < -0.3 is 15.3 Å². The Balaban J connectivity index is 0.00000364. The second-order valence-corrected chi connectivity index (χ2v) is 7.71. The molecule has 2 rings (SSSR count). The van der Waals surface area contributed by atoms with Gasteiger partial charge in [-0.05, 0) is 44.6 Å². The summed E-state index contributed by atoms with van der Waals surface area (Å²) in [6.07, 6.45) is 8.67. The minimum Gasteiger partial charge on any atom is -0.480 e. The summed E-state index contributed by atoms with van der Waals surface area (Å²) in [5.41, 5.74) is 0. The van der Waals surface area contributed by atoms with Gasteiger partial charge in [-0.15, -0.1) is 12.4 Å². The highest BCUT2D eigenvalue weighted by Gasteiger charge is 2.26. The van der Waals surface area contributed by atoms with Crippen LogP contribution in [0.5, 0.6) is 0 Å². The summed E-state index contributed by atoms with van der Waals surface area (Å²) in [7, 11) is 0. The van der Waals surface area contributed by atoms with E-state index < -0.39 is 5.97 Å². The largest absolute Gasteiger partial charge is 0.480 e. The van der Waals surface area contributed by atoms with Crippen LogP contribution in [0.4, 0.5) is 0 Å². The first-order valence-corrected chi connectivity index (χ1v) is 9.93. The fourth-order valence-electron chi connectivity index (χ4n) is 4.16. The number of carbonyl (C=O) groups is 3. The molecule has 8 heteroatoms. The number of hydrogen-bond donors (Lipinski definition) is 2. The third-order valence-corrected chi connectivity index (χ3v) is 5.62. The fourth-order valence-corrected chi connectivity index (χ4v) is 4.16. The van der Waals surface area contributed by atoms with Gasteiger partial charge >= 0.3 is 5.97 Å². The summed E-state index contributed by atoms with van der Waals surface area (Å²) < 4.78 is 0. The van der Waals surface area contributed by atoms with E-state index in [0.717, 1.165) is 25.9 Å². The van der Waals surface area contributed by atoms with Crippen LogP contribution in [0.15, 0.2) is 0 Å². The van der Waals surface area contributed by atoms with Crippen LogP contribution in [0.25, 0.3) is 0 Å². The number of carboxylic acid groups (broad SMARTS) is 1. The zero-order valence-corrected chi connectivity index (χ0v) is 17.1. The molecule has 0 bridgehead atoms. The van der Waals surface area contributed by atoms with E-state index in [-0.39, 0.29) is 36.8 Å². The molecule has 2 N–H and O–H groups in total. The van der Waals surface area contributed by atoms with Gasteiger partial charge in [0.15, 0.2) is 0 Å². The molecule has 0 radical (unpaired) electrons. The summed E-state index contributed by atoms with van der Waals surface area (Å²) in [4.78, 5) is 38.6. The molecule has 1 aliphatic carbocycles. The molecule has 156 valence electrons. The number of aliphatic carboxylic acids is 1. The number of nitrogens with zero attached hydrogens (tertiary/aromatic N) is 2. The number of nitrogens with one attached hydrogen (secondary N) is 1. The lowest BCUT2D eigenvalue weighted by Gasteiger charge is -2.29. The van der Waals surface area contributed by atoms with Crippen molar-refractivity contribution in [3.8, 4) is 0 Å². The second-order valence-electron chi connectivity index (χ2n) is 7.71. The van der Waals surface area contributed by atoms with Gasteiger partial charge in [0.1, 0.15) is 6.54 Å². The number of carboxylic acids is 1. The number of carbonyl (C=O) groups excluding carboxylic acids is 2. The predicted molar refractivity (Wildman–Crippen MR) is 106 cm³/mol. The third kappa shape index (κ3) is 8.47. The average molecular weight is 404 g/mol. The summed E-state index contributed by atoms with van der Waals surface area (Å²) in [5.74, 6) is -0.483. The van der Waals surface area contributed by atoms with Gasteiger partial charge in [-0.25, -0.2) is 0 Å². The van der Waals surface area contributed by atoms with Crippen molar-refractivity contribution in [1.82, 2.24) is 15.1 Å². The van der Waals surface area contributed by atoms with Gasteiger partial charge in [-0.2, -0.15) is 0 Å². The van der Waals surface area contributed by atoms with E-state index in [4.69, 9.17) is 5.11 Å². The van der Waals surface area contributed by atoms with Crippen molar-refractivity contribution in [3.05, 3.63) is 0 Å². The van der Waals surface area contributed by atoms with E-state index in [1.54, 1.807) is 0 Å². The molecule has 0 aromatic carbocycles. The second kappa shape index (κ2) is 12.2. The lowest BCUT2D eigenvalue weighted by atomic mass is 9.89. The Hall–Kier alpha value is -1.34. The highest BCUT2D eigenvalue weighted by atomic mass is 35.5. The van der Waals surface area contributed by atoms with Crippen LogP contribution in [0.2, 0.25) is 0 Å². The molecule has 1 aliphatic heterocycles. The average Bonchev–Trinajstić information content (AvgIpc) is 2.84. The first kappa shape index (κ1) is 23.7. The first-order valence-electron chi connectivity index (χ1n) is 9.93. The Morgan fingerprint density at radius 3 is 2.37 bits per heavy atom. The molecule has 1 saturated carbocycles. The fraction of sp³-hybridized carbons (Fsp3) is 0.842. The Bertz CT molecular complexity index is 497. The van der Waals surface area contributed by atoms with Crippen LogP contribution in [-0.2, 0) is 14.4 Å². The van der Waals surface area contributed by atoms with Crippen molar-refractivity contribution in [3.63, 3.8) is 0 Å². The van der Waals surface area contributed by atoms with Crippen LogP contribution in [0, 0.1) is 5.92 Å². The van der Waals surface area contributed by atoms with Crippen LogP contribution in [0.1, 0.15) is 58.3 Å². The summed E-state index contributed by atoms with van der Waals surface area (Å²) >= 11 is 0. The lowest BCUT2D eigenvalue weighted by molar-refractivity contribution is -0.145. The van der Waals surface area contributed by atoms with Crippen molar-refractivity contribution >= 4 is 30.2 Å². The molecule has 27 heavy (non-hydrogen) atoms. The molecule has 1 atom stereocenters. The SMILES string of the molecule is CC(=O)N(CC(=O)O)C1CCCN(CC(=O)NCC2CCCCC2)CC1.Cl. The first-order chi connectivity index (χ1) is 12.5. The Kier molecular flexibility index (Phi) is 10.7. The van der Waals surface area contributed by atoms with Gasteiger partial charge in [0.2, 0.25) is 11.8 Å². The maximum absolute atomic E-state index is 12.2. The summed E-state index contributed by atoms with van der Waals surface area (Å²) in [6, 6.07) is -0.0566. The Morgan fingerprint density at radius 1 is 1.04 bits per heavy atom.